The summed E-state index contributed by atoms with van der Waals surface area (Å²) in [5.74, 6) is 0.136. The van der Waals surface area contributed by atoms with Gasteiger partial charge >= 0.3 is 6.03 Å². The lowest BCUT2D eigenvalue weighted by Gasteiger charge is -2.21. The number of urea groups is 1. The van der Waals surface area contributed by atoms with Crippen LogP contribution in [-0.4, -0.2) is 34.1 Å². The number of benzene rings is 2. The third-order valence-electron chi connectivity index (χ3n) is 4.79. The molecule has 0 bridgehead atoms. The van der Waals surface area contributed by atoms with E-state index in [9.17, 15) is 14.0 Å². The van der Waals surface area contributed by atoms with Gasteiger partial charge in [-0.25, -0.2) is 9.18 Å². The predicted molar refractivity (Wildman–Crippen MR) is 99.1 cm³/mol. The summed E-state index contributed by atoms with van der Waals surface area (Å²) >= 11 is 0. The van der Waals surface area contributed by atoms with Crippen LogP contribution < -0.4 is 10.1 Å². The normalized spacial score (nSPS) is 18.8. The molecule has 1 aromatic heterocycles. The number of imide groups is 1. The number of carbonyl (C=O) groups is 2. The van der Waals surface area contributed by atoms with Gasteiger partial charge in [0, 0.05) is 5.56 Å². The number of carbonyl (C=O) groups excluding carboxylic acids is 2. The molecule has 148 valence electrons. The van der Waals surface area contributed by atoms with Crippen LogP contribution in [-0.2, 0) is 16.9 Å². The molecule has 1 fully saturated rings. The number of nitrogens with zero attached hydrogens (tertiary/aromatic N) is 3. The largest absolute Gasteiger partial charge is 0.497 e. The number of rotatable bonds is 5. The van der Waals surface area contributed by atoms with Gasteiger partial charge in [-0.1, -0.05) is 29.4 Å². The number of methoxy groups -OCH3 is 1. The van der Waals surface area contributed by atoms with Gasteiger partial charge < -0.3 is 14.6 Å². The van der Waals surface area contributed by atoms with E-state index in [0.29, 0.717) is 22.7 Å². The smallest absolute Gasteiger partial charge is 0.325 e. The third-order valence-corrected chi connectivity index (χ3v) is 4.79. The van der Waals surface area contributed by atoms with Crippen molar-refractivity contribution in [3.63, 3.8) is 0 Å². The van der Waals surface area contributed by atoms with Gasteiger partial charge in [0.25, 0.3) is 5.91 Å². The molecule has 0 saturated carbocycles. The summed E-state index contributed by atoms with van der Waals surface area (Å²) in [6.07, 6.45) is 0. The minimum absolute atomic E-state index is 0.106. The summed E-state index contributed by atoms with van der Waals surface area (Å²) in [5.41, 5.74) is -0.157. The molecule has 1 atom stereocenters. The first-order valence-electron chi connectivity index (χ1n) is 8.78. The van der Waals surface area contributed by atoms with Crippen molar-refractivity contribution in [3.05, 3.63) is 65.8 Å². The molecule has 1 unspecified atom stereocenters. The summed E-state index contributed by atoms with van der Waals surface area (Å²) in [7, 11) is 1.55. The molecule has 9 heteroatoms. The topological polar surface area (TPSA) is 97.6 Å². The quantitative estimate of drug-likeness (QED) is 0.666. The Kier molecular flexibility index (Phi) is 4.50. The van der Waals surface area contributed by atoms with Crippen molar-refractivity contribution in [1.82, 2.24) is 20.4 Å². The molecule has 3 aromatic rings. The maximum atomic E-state index is 13.2. The molecule has 1 N–H and O–H groups in total. The molecule has 2 heterocycles. The second-order valence-corrected chi connectivity index (χ2v) is 6.70. The van der Waals surface area contributed by atoms with Crippen LogP contribution in [0.4, 0.5) is 9.18 Å². The van der Waals surface area contributed by atoms with Crippen molar-refractivity contribution in [3.8, 4) is 17.1 Å². The summed E-state index contributed by atoms with van der Waals surface area (Å²) in [5, 5.41) is 6.55. The number of hydrogen-bond acceptors (Lipinski definition) is 6. The second-order valence-electron chi connectivity index (χ2n) is 6.70. The van der Waals surface area contributed by atoms with E-state index < -0.39 is 23.3 Å². The van der Waals surface area contributed by atoms with Crippen molar-refractivity contribution in [2.24, 2.45) is 0 Å². The molecule has 2 aromatic carbocycles. The molecular formula is C20H17FN4O4. The molecule has 1 aliphatic heterocycles. The number of halogens is 1. The Morgan fingerprint density at radius 1 is 1.21 bits per heavy atom. The monoisotopic (exact) mass is 396 g/mol. The Labute approximate surface area is 165 Å². The van der Waals surface area contributed by atoms with Crippen molar-refractivity contribution in [2.75, 3.05) is 7.11 Å². The second kappa shape index (κ2) is 7.01. The summed E-state index contributed by atoms with van der Waals surface area (Å²) in [6.45, 7) is 1.38. The van der Waals surface area contributed by atoms with E-state index in [2.05, 4.69) is 15.5 Å². The fourth-order valence-corrected chi connectivity index (χ4v) is 3.15. The van der Waals surface area contributed by atoms with Gasteiger partial charge in [0.1, 0.15) is 23.7 Å². The Morgan fingerprint density at radius 3 is 2.69 bits per heavy atom. The van der Waals surface area contributed by atoms with Gasteiger partial charge in [-0.3, -0.25) is 9.69 Å². The zero-order valence-corrected chi connectivity index (χ0v) is 15.7. The molecule has 0 spiro atoms. The van der Waals surface area contributed by atoms with Gasteiger partial charge in [0.05, 0.1) is 7.11 Å². The third kappa shape index (κ3) is 3.31. The van der Waals surface area contributed by atoms with Gasteiger partial charge in [-0.15, -0.1) is 0 Å². The van der Waals surface area contributed by atoms with Crippen LogP contribution >= 0.6 is 0 Å². The van der Waals surface area contributed by atoms with Crippen LogP contribution in [0.3, 0.4) is 0 Å². The van der Waals surface area contributed by atoms with Gasteiger partial charge in [0.15, 0.2) is 0 Å². The van der Waals surface area contributed by atoms with E-state index in [0.717, 1.165) is 4.90 Å². The fraction of sp³-hybridized carbons (Fsp3) is 0.200. The average Bonchev–Trinajstić information content (AvgIpc) is 3.28. The average molecular weight is 396 g/mol. The Morgan fingerprint density at radius 2 is 1.97 bits per heavy atom. The van der Waals surface area contributed by atoms with Crippen LogP contribution in [0.15, 0.2) is 53.1 Å². The zero-order chi connectivity index (χ0) is 20.6. The van der Waals surface area contributed by atoms with Crippen molar-refractivity contribution < 1.29 is 23.2 Å². The first-order valence-corrected chi connectivity index (χ1v) is 8.78. The van der Waals surface area contributed by atoms with Crippen LogP contribution in [0.1, 0.15) is 18.4 Å². The maximum absolute atomic E-state index is 13.2. The SMILES string of the molecule is COc1cccc(-c2noc(CN3C(=O)NC(C)(c4ccc(F)cc4)C3=O)n2)c1. The minimum Gasteiger partial charge on any atom is -0.497 e. The first-order chi connectivity index (χ1) is 13.9. The molecule has 1 saturated heterocycles. The standard InChI is InChI=1S/C20H17FN4O4/c1-20(13-6-8-14(21)9-7-13)18(26)25(19(27)23-20)11-16-22-17(24-29-16)12-4-3-5-15(10-12)28-2/h3-10H,11H2,1-2H3,(H,23,27). The van der Waals surface area contributed by atoms with Gasteiger partial charge in [-0.05, 0) is 36.8 Å². The first kappa shape index (κ1) is 18.6. The predicted octanol–water partition coefficient (Wildman–Crippen LogP) is 2.85. The highest BCUT2D eigenvalue weighted by Crippen LogP contribution is 2.30. The molecule has 3 amide bonds. The van der Waals surface area contributed by atoms with E-state index in [1.165, 1.54) is 24.3 Å². The molecule has 29 heavy (non-hydrogen) atoms. The Bertz CT molecular complexity index is 1080. The summed E-state index contributed by atoms with van der Waals surface area (Å²) in [6, 6.07) is 11.9. The highest BCUT2D eigenvalue weighted by atomic mass is 19.1. The lowest BCUT2D eigenvalue weighted by atomic mass is 9.92. The van der Waals surface area contributed by atoms with Crippen LogP contribution in [0.2, 0.25) is 0 Å². The Balaban J connectivity index is 1.55. The number of hydrogen-bond donors (Lipinski definition) is 1. The number of amides is 3. The summed E-state index contributed by atoms with van der Waals surface area (Å²) < 4.78 is 23.6. The zero-order valence-electron chi connectivity index (χ0n) is 15.7. The lowest BCUT2D eigenvalue weighted by molar-refractivity contribution is -0.131. The highest BCUT2D eigenvalue weighted by Gasteiger charge is 2.49. The number of ether oxygens (including phenoxy) is 1. The van der Waals surface area contributed by atoms with Crippen molar-refractivity contribution in [2.45, 2.75) is 19.0 Å². The molecule has 0 radical (unpaired) electrons. The molecule has 4 rings (SSSR count). The molecular weight excluding hydrogens is 379 g/mol. The number of nitrogens with one attached hydrogen (secondary N) is 1. The summed E-state index contributed by atoms with van der Waals surface area (Å²) in [4.78, 5) is 30.6. The van der Waals surface area contributed by atoms with Gasteiger partial charge in [-0.2, -0.15) is 4.98 Å². The molecule has 0 aliphatic carbocycles. The fourth-order valence-electron chi connectivity index (χ4n) is 3.15. The van der Waals surface area contributed by atoms with E-state index in [1.807, 2.05) is 0 Å². The van der Waals surface area contributed by atoms with Crippen molar-refractivity contribution >= 4 is 11.9 Å². The maximum Gasteiger partial charge on any atom is 0.325 e. The van der Waals surface area contributed by atoms with E-state index in [-0.39, 0.29) is 12.4 Å². The van der Waals surface area contributed by atoms with Crippen LogP contribution in [0.25, 0.3) is 11.4 Å². The van der Waals surface area contributed by atoms with Crippen LogP contribution in [0, 0.1) is 5.82 Å². The van der Waals surface area contributed by atoms with E-state index in [4.69, 9.17) is 9.26 Å². The van der Waals surface area contributed by atoms with Crippen molar-refractivity contribution in [1.29, 1.82) is 0 Å². The molecule has 8 nitrogen and oxygen atoms in total. The van der Waals surface area contributed by atoms with E-state index >= 15 is 0 Å². The number of aromatic nitrogens is 2. The van der Waals surface area contributed by atoms with Gasteiger partial charge in [0.2, 0.25) is 11.7 Å². The van der Waals surface area contributed by atoms with E-state index in [1.54, 1.807) is 38.3 Å². The van der Waals surface area contributed by atoms with Crippen LogP contribution in [0.5, 0.6) is 5.75 Å². The molecule has 1 aliphatic rings. The minimum atomic E-state index is -1.31. The Hall–Kier alpha value is -3.75. The highest BCUT2D eigenvalue weighted by molar-refractivity contribution is 6.07. The lowest BCUT2D eigenvalue weighted by Crippen LogP contribution is -2.40.